The van der Waals surface area contributed by atoms with Gasteiger partial charge in [0.05, 0.1) is 11.4 Å². The molecular weight excluding hydrogens is 286 g/mol. The van der Waals surface area contributed by atoms with Crippen molar-refractivity contribution in [2.24, 2.45) is 0 Å². The minimum absolute atomic E-state index is 0.290. The zero-order valence-electron chi connectivity index (χ0n) is 12.8. The number of phenols is 1. The fourth-order valence-corrected chi connectivity index (χ4v) is 2.52. The van der Waals surface area contributed by atoms with Gasteiger partial charge in [-0.25, -0.2) is 0 Å². The predicted molar refractivity (Wildman–Crippen MR) is 89.5 cm³/mol. The van der Waals surface area contributed by atoms with Crippen molar-refractivity contribution in [3.05, 3.63) is 90.0 Å². The molecule has 0 spiro atoms. The number of hydrogen-bond donors (Lipinski definition) is 1. The second-order valence-corrected chi connectivity index (χ2v) is 5.46. The molecule has 23 heavy (non-hydrogen) atoms. The van der Waals surface area contributed by atoms with Crippen molar-refractivity contribution >= 4 is 0 Å². The number of phenolic OH excluding ortho intramolecular Hbond substituents is 1. The second kappa shape index (κ2) is 7.51. The molecule has 4 heteroatoms. The van der Waals surface area contributed by atoms with Gasteiger partial charge in [0.25, 0.3) is 0 Å². The van der Waals surface area contributed by atoms with E-state index in [9.17, 15) is 5.11 Å². The van der Waals surface area contributed by atoms with E-state index in [1.165, 1.54) is 0 Å². The molecule has 0 bridgehead atoms. The molecule has 1 N–H and O–H groups in total. The average molecular weight is 305 g/mol. The lowest BCUT2D eigenvalue weighted by Crippen LogP contribution is -2.23. The standard InChI is InChI=1S/C19H19N3O/c23-19-9-5-6-16(12-19)13-22(14-17-7-1-3-10-20-17)15-18-8-2-4-11-21-18/h1-12,23H,13-15H2. The zero-order chi connectivity index (χ0) is 15.9. The van der Waals surface area contributed by atoms with E-state index in [-0.39, 0.29) is 5.75 Å². The predicted octanol–water partition coefficient (Wildman–Crippen LogP) is 3.38. The van der Waals surface area contributed by atoms with Crippen LogP contribution in [0.25, 0.3) is 0 Å². The highest BCUT2D eigenvalue weighted by Crippen LogP contribution is 2.16. The summed E-state index contributed by atoms with van der Waals surface area (Å²) in [5.41, 5.74) is 3.10. The molecule has 0 saturated carbocycles. The molecule has 2 aromatic heterocycles. The van der Waals surface area contributed by atoms with Crippen LogP contribution in [0.1, 0.15) is 17.0 Å². The molecule has 0 aliphatic rings. The lowest BCUT2D eigenvalue weighted by Gasteiger charge is -2.22. The number of hydrogen-bond acceptors (Lipinski definition) is 4. The summed E-state index contributed by atoms with van der Waals surface area (Å²) in [5, 5.41) is 9.66. The third-order valence-electron chi connectivity index (χ3n) is 3.54. The minimum atomic E-state index is 0.290. The molecule has 3 aromatic rings. The van der Waals surface area contributed by atoms with Crippen LogP contribution in [0.3, 0.4) is 0 Å². The number of pyridine rings is 2. The van der Waals surface area contributed by atoms with Gasteiger partial charge in [-0.15, -0.1) is 0 Å². The first-order valence-electron chi connectivity index (χ1n) is 7.60. The number of rotatable bonds is 6. The van der Waals surface area contributed by atoms with Crippen LogP contribution in [0.2, 0.25) is 0 Å². The molecule has 0 amide bonds. The molecule has 116 valence electrons. The summed E-state index contributed by atoms with van der Waals surface area (Å²) >= 11 is 0. The summed E-state index contributed by atoms with van der Waals surface area (Å²) in [5.74, 6) is 0.290. The summed E-state index contributed by atoms with van der Waals surface area (Å²) in [4.78, 5) is 11.1. The van der Waals surface area contributed by atoms with E-state index < -0.39 is 0 Å². The van der Waals surface area contributed by atoms with Crippen molar-refractivity contribution in [3.63, 3.8) is 0 Å². The van der Waals surface area contributed by atoms with Crippen molar-refractivity contribution in [2.45, 2.75) is 19.6 Å². The summed E-state index contributed by atoms with van der Waals surface area (Å²) in [6, 6.07) is 19.2. The van der Waals surface area contributed by atoms with Gasteiger partial charge in [0.2, 0.25) is 0 Å². The Bertz CT molecular complexity index is 690. The molecule has 0 radical (unpaired) electrons. The fourth-order valence-electron chi connectivity index (χ4n) is 2.52. The van der Waals surface area contributed by atoms with Gasteiger partial charge in [-0.05, 0) is 42.0 Å². The highest BCUT2D eigenvalue weighted by molar-refractivity contribution is 5.27. The molecule has 0 aliphatic heterocycles. The zero-order valence-corrected chi connectivity index (χ0v) is 12.8. The Morgan fingerprint density at radius 3 is 1.91 bits per heavy atom. The molecule has 1 aromatic carbocycles. The molecule has 0 unspecified atom stereocenters. The highest BCUT2D eigenvalue weighted by atomic mass is 16.3. The quantitative estimate of drug-likeness (QED) is 0.758. The average Bonchev–Trinajstić information content (AvgIpc) is 2.57. The Kier molecular flexibility index (Phi) is 4.96. The van der Waals surface area contributed by atoms with Crippen LogP contribution >= 0.6 is 0 Å². The molecule has 3 rings (SSSR count). The van der Waals surface area contributed by atoms with E-state index in [0.717, 1.165) is 36.6 Å². The Hall–Kier alpha value is -2.72. The van der Waals surface area contributed by atoms with E-state index in [1.54, 1.807) is 12.1 Å². The Labute approximate surface area is 136 Å². The van der Waals surface area contributed by atoms with E-state index in [0.29, 0.717) is 0 Å². The van der Waals surface area contributed by atoms with Crippen LogP contribution in [-0.4, -0.2) is 20.0 Å². The van der Waals surface area contributed by atoms with E-state index >= 15 is 0 Å². The topological polar surface area (TPSA) is 49.2 Å². The maximum Gasteiger partial charge on any atom is 0.115 e. The van der Waals surface area contributed by atoms with Gasteiger partial charge in [-0.3, -0.25) is 14.9 Å². The monoisotopic (exact) mass is 305 g/mol. The first-order chi connectivity index (χ1) is 11.3. The number of aromatic hydroxyl groups is 1. The summed E-state index contributed by atoms with van der Waals surface area (Å²) in [6.45, 7) is 2.18. The Morgan fingerprint density at radius 1 is 0.739 bits per heavy atom. The number of benzene rings is 1. The van der Waals surface area contributed by atoms with E-state index in [2.05, 4.69) is 14.9 Å². The van der Waals surface area contributed by atoms with Crippen molar-refractivity contribution in [3.8, 4) is 5.75 Å². The third kappa shape index (κ3) is 4.63. The summed E-state index contributed by atoms with van der Waals surface area (Å²) < 4.78 is 0. The molecule has 0 saturated heterocycles. The SMILES string of the molecule is Oc1cccc(CN(Cc2ccccn2)Cc2ccccn2)c1. The Balaban J connectivity index is 1.77. The highest BCUT2D eigenvalue weighted by Gasteiger charge is 2.10. The first-order valence-corrected chi connectivity index (χ1v) is 7.60. The van der Waals surface area contributed by atoms with Gasteiger partial charge >= 0.3 is 0 Å². The largest absolute Gasteiger partial charge is 0.508 e. The maximum absolute atomic E-state index is 9.66. The van der Waals surface area contributed by atoms with Crippen LogP contribution in [0.4, 0.5) is 0 Å². The number of aromatic nitrogens is 2. The van der Waals surface area contributed by atoms with Crippen molar-refractivity contribution in [1.82, 2.24) is 14.9 Å². The van der Waals surface area contributed by atoms with Gasteiger partial charge in [0.1, 0.15) is 5.75 Å². The van der Waals surface area contributed by atoms with Gasteiger partial charge in [0, 0.05) is 32.0 Å². The molecular formula is C19H19N3O. The third-order valence-corrected chi connectivity index (χ3v) is 3.54. The van der Waals surface area contributed by atoms with Crippen LogP contribution in [0.5, 0.6) is 5.75 Å². The Morgan fingerprint density at radius 2 is 1.39 bits per heavy atom. The minimum Gasteiger partial charge on any atom is -0.508 e. The fraction of sp³-hybridized carbons (Fsp3) is 0.158. The van der Waals surface area contributed by atoms with Gasteiger partial charge in [-0.1, -0.05) is 24.3 Å². The second-order valence-electron chi connectivity index (χ2n) is 5.46. The lowest BCUT2D eigenvalue weighted by molar-refractivity contribution is 0.241. The smallest absolute Gasteiger partial charge is 0.115 e. The molecule has 2 heterocycles. The van der Waals surface area contributed by atoms with Crippen molar-refractivity contribution in [1.29, 1.82) is 0 Å². The van der Waals surface area contributed by atoms with E-state index in [4.69, 9.17) is 0 Å². The van der Waals surface area contributed by atoms with Crippen LogP contribution < -0.4 is 0 Å². The number of nitrogens with zero attached hydrogens (tertiary/aromatic N) is 3. The van der Waals surface area contributed by atoms with Crippen LogP contribution in [-0.2, 0) is 19.6 Å². The molecule has 4 nitrogen and oxygen atoms in total. The van der Waals surface area contributed by atoms with Gasteiger partial charge < -0.3 is 5.11 Å². The van der Waals surface area contributed by atoms with Crippen molar-refractivity contribution in [2.75, 3.05) is 0 Å². The van der Waals surface area contributed by atoms with Crippen LogP contribution in [0.15, 0.2) is 73.1 Å². The van der Waals surface area contributed by atoms with E-state index in [1.807, 2.05) is 60.9 Å². The maximum atomic E-state index is 9.66. The molecule has 0 atom stereocenters. The molecule has 0 fully saturated rings. The van der Waals surface area contributed by atoms with Gasteiger partial charge in [-0.2, -0.15) is 0 Å². The van der Waals surface area contributed by atoms with Crippen LogP contribution in [0, 0.1) is 0 Å². The van der Waals surface area contributed by atoms with Crippen molar-refractivity contribution < 1.29 is 5.11 Å². The normalized spacial score (nSPS) is 10.8. The molecule has 0 aliphatic carbocycles. The summed E-state index contributed by atoms with van der Waals surface area (Å²) in [7, 11) is 0. The lowest BCUT2D eigenvalue weighted by atomic mass is 10.2. The van der Waals surface area contributed by atoms with Gasteiger partial charge in [0.15, 0.2) is 0 Å². The summed E-state index contributed by atoms with van der Waals surface area (Å²) in [6.07, 6.45) is 3.62. The first kappa shape index (κ1) is 15.2.